The third kappa shape index (κ3) is 7.12. The zero-order valence-corrected chi connectivity index (χ0v) is 16.4. The van der Waals surface area contributed by atoms with Gasteiger partial charge in [-0.15, -0.1) is 0 Å². The molecule has 0 saturated carbocycles. The number of aliphatic carboxylic acids is 2. The van der Waals surface area contributed by atoms with Crippen molar-refractivity contribution in [1.82, 2.24) is 20.9 Å². The Labute approximate surface area is 176 Å². The number of nitrogens with one attached hydrogen (secondary N) is 4. The molecule has 0 aliphatic heterocycles. The molecular weight excluding hydrogens is 410 g/mol. The summed E-state index contributed by atoms with van der Waals surface area (Å²) < 4.78 is 0. The Morgan fingerprint density at radius 2 is 1.68 bits per heavy atom. The summed E-state index contributed by atoms with van der Waals surface area (Å²) in [5.41, 5.74) is 7.60. The summed E-state index contributed by atoms with van der Waals surface area (Å²) in [4.78, 5) is 60.7. The molecule has 166 valence electrons. The van der Waals surface area contributed by atoms with Crippen LogP contribution < -0.4 is 21.7 Å². The van der Waals surface area contributed by atoms with E-state index in [9.17, 15) is 24.0 Å². The molecule has 0 spiro atoms. The molecule has 0 aliphatic carbocycles. The first kappa shape index (κ1) is 23.3. The van der Waals surface area contributed by atoms with Crippen molar-refractivity contribution in [2.75, 3.05) is 13.1 Å². The molecule has 0 fully saturated rings. The Hall–Kier alpha value is -3.93. The van der Waals surface area contributed by atoms with Crippen molar-refractivity contribution in [2.45, 2.75) is 24.9 Å². The third-order valence-electron chi connectivity index (χ3n) is 4.32. The maximum Gasteiger partial charge on any atom is 0.322 e. The van der Waals surface area contributed by atoms with Crippen LogP contribution in [0, 0.1) is 0 Å². The van der Waals surface area contributed by atoms with Gasteiger partial charge >= 0.3 is 11.9 Å². The van der Waals surface area contributed by atoms with E-state index in [4.69, 9.17) is 15.9 Å². The zero-order chi connectivity index (χ0) is 23.0. The minimum Gasteiger partial charge on any atom is -0.481 e. The molecule has 0 radical (unpaired) electrons. The van der Waals surface area contributed by atoms with E-state index in [0.29, 0.717) is 0 Å². The number of rotatable bonds is 11. The second-order valence-electron chi connectivity index (χ2n) is 6.72. The fourth-order valence-electron chi connectivity index (χ4n) is 2.82. The Bertz CT molecular complexity index is 987. The van der Waals surface area contributed by atoms with E-state index in [1.54, 1.807) is 6.20 Å². The molecule has 0 aliphatic rings. The van der Waals surface area contributed by atoms with E-state index < -0.39 is 61.3 Å². The number of amides is 3. The molecular formula is C19H23N5O7. The van der Waals surface area contributed by atoms with Gasteiger partial charge in [-0.1, -0.05) is 18.2 Å². The Morgan fingerprint density at radius 1 is 0.968 bits per heavy atom. The number of hydrogen-bond acceptors (Lipinski definition) is 6. The molecule has 1 heterocycles. The van der Waals surface area contributed by atoms with Crippen molar-refractivity contribution in [3.05, 3.63) is 36.0 Å². The van der Waals surface area contributed by atoms with Crippen LogP contribution in [-0.4, -0.2) is 70.0 Å². The van der Waals surface area contributed by atoms with Crippen molar-refractivity contribution in [1.29, 1.82) is 0 Å². The van der Waals surface area contributed by atoms with E-state index >= 15 is 0 Å². The van der Waals surface area contributed by atoms with Crippen molar-refractivity contribution in [3.63, 3.8) is 0 Å². The fraction of sp³-hybridized carbons (Fsp3) is 0.316. The zero-order valence-electron chi connectivity index (χ0n) is 16.4. The number of carbonyl (C=O) groups excluding carboxylic acids is 3. The van der Waals surface area contributed by atoms with Crippen LogP contribution in [0.1, 0.15) is 12.0 Å². The summed E-state index contributed by atoms with van der Waals surface area (Å²) in [6, 6.07) is 4.90. The number of carbonyl (C=O) groups is 5. The summed E-state index contributed by atoms with van der Waals surface area (Å²) in [6.45, 7) is -1.22. The van der Waals surface area contributed by atoms with Crippen molar-refractivity contribution in [3.8, 4) is 0 Å². The lowest BCUT2D eigenvalue weighted by Crippen LogP contribution is -2.54. The van der Waals surface area contributed by atoms with Crippen LogP contribution in [-0.2, 0) is 30.4 Å². The van der Waals surface area contributed by atoms with Crippen LogP contribution in [0.4, 0.5) is 0 Å². The van der Waals surface area contributed by atoms with Crippen molar-refractivity contribution in [2.24, 2.45) is 5.73 Å². The highest BCUT2D eigenvalue weighted by Gasteiger charge is 2.27. The summed E-state index contributed by atoms with van der Waals surface area (Å²) in [5.74, 6) is -5.05. The molecule has 3 amide bonds. The topological polar surface area (TPSA) is 204 Å². The largest absolute Gasteiger partial charge is 0.481 e. The highest BCUT2D eigenvalue weighted by molar-refractivity contribution is 5.94. The number of aromatic amines is 1. The fourth-order valence-corrected chi connectivity index (χ4v) is 2.82. The molecule has 0 bridgehead atoms. The van der Waals surface area contributed by atoms with Gasteiger partial charge in [-0.2, -0.15) is 0 Å². The molecule has 12 heteroatoms. The highest BCUT2D eigenvalue weighted by atomic mass is 16.4. The first-order valence-electron chi connectivity index (χ1n) is 9.26. The molecule has 0 saturated heterocycles. The van der Waals surface area contributed by atoms with Crippen LogP contribution in [0.3, 0.4) is 0 Å². The van der Waals surface area contributed by atoms with Gasteiger partial charge in [0.25, 0.3) is 0 Å². The molecule has 2 unspecified atom stereocenters. The van der Waals surface area contributed by atoms with Gasteiger partial charge in [0.15, 0.2) is 0 Å². The molecule has 1 aromatic carbocycles. The van der Waals surface area contributed by atoms with E-state index in [-0.39, 0.29) is 6.42 Å². The second kappa shape index (κ2) is 10.7. The summed E-state index contributed by atoms with van der Waals surface area (Å²) in [7, 11) is 0. The van der Waals surface area contributed by atoms with Crippen LogP contribution in [0.25, 0.3) is 10.9 Å². The van der Waals surface area contributed by atoms with Crippen LogP contribution >= 0.6 is 0 Å². The maximum absolute atomic E-state index is 12.5. The number of benzene rings is 1. The first-order chi connectivity index (χ1) is 14.7. The van der Waals surface area contributed by atoms with E-state index in [1.807, 2.05) is 29.6 Å². The lowest BCUT2D eigenvalue weighted by Gasteiger charge is -2.19. The number of hydrogen-bond donors (Lipinski definition) is 7. The monoisotopic (exact) mass is 433 g/mol. The Kier molecular flexibility index (Phi) is 8.09. The molecule has 2 aromatic rings. The van der Waals surface area contributed by atoms with Gasteiger partial charge in [0.2, 0.25) is 17.7 Å². The molecule has 12 nitrogen and oxygen atoms in total. The summed E-state index contributed by atoms with van der Waals surface area (Å²) in [5, 5.41) is 24.9. The number of carboxylic acids is 2. The van der Waals surface area contributed by atoms with Gasteiger partial charge in [-0.05, 0) is 18.1 Å². The van der Waals surface area contributed by atoms with E-state index in [2.05, 4.69) is 15.6 Å². The van der Waals surface area contributed by atoms with Crippen LogP contribution in [0.5, 0.6) is 0 Å². The molecule has 2 rings (SSSR count). The van der Waals surface area contributed by atoms with Gasteiger partial charge in [-0.3, -0.25) is 24.0 Å². The lowest BCUT2D eigenvalue weighted by atomic mass is 10.0. The summed E-state index contributed by atoms with van der Waals surface area (Å²) in [6.07, 6.45) is 1.14. The number of carboxylic acid groups (broad SMARTS) is 2. The third-order valence-corrected chi connectivity index (χ3v) is 4.32. The SMILES string of the molecule is NC(Cc1c[nH]c2ccccc12)C(=O)NC(CC(=O)O)C(=O)NCC(=O)NCC(=O)O. The van der Waals surface area contributed by atoms with Crippen molar-refractivity contribution < 1.29 is 34.2 Å². The van der Waals surface area contributed by atoms with Crippen LogP contribution in [0.15, 0.2) is 30.5 Å². The first-order valence-corrected chi connectivity index (χ1v) is 9.26. The number of para-hydroxylation sites is 1. The average molecular weight is 433 g/mol. The van der Waals surface area contributed by atoms with Gasteiger partial charge in [0, 0.05) is 17.1 Å². The maximum atomic E-state index is 12.5. The highest BCUT2D eigenvalue weighted by Crippen LogP contribution is 2.18. The van der Waals surface area contributed by atoms with Crippen molar-refractivity contribution >= 4 is 40.6 Å². The normalized spacial score (nSPS) is 12.5. The molecule has 1 aromatic heterocycles. The standard InChI is InChI=1S/C19H23N5O7/c20-12(5-10-7-21-13-4-2-1-3-11(10)13)18(30)24-14(6-16(26)27)19(31)23-8-15(25)22-9-17(28)29/h1-4,7,12,14,21H,5-6,8-9,20H2,(H,22,25)(H,23,31)(H,24,30)(H,26,27)(H,28,29). The van der Waals surface area contributed by atoms with Gasteiger partial charge < -0.3 is 36.9 Å². The number of H-pyrrole nitrogens is 1. The smallest absolute Gasteiger partial charge is 0.322 e. The second-order valence-corrected chi connectivity index (χ2v) is 6.72. The van der Waals surface area contributed by atoms with Gasteiger partial charge in [-0.25, -0.2) is 0 Å². The molecule has 8 N–H and O–H groups in total. The van der Waals surface area contributed by atoms with E-state index in [1.165, 1.54) is 0 Å². The molecule has 2 atom stereocenters. The van der Waals surface area contributed by atoms with E-state index in [0.717, 1.165) is 16.5 Å². The minimum atomic E-state index is -1.47. The quantitative estimate of drug-likeness (QED) is 0.217. The lowest BCUT2D eigenvalue weighted by molar-refractivity contribution is -0.141. The number of aromatic nitrogens is 1. The number of nitrogens with two attached hydrogens (primary N) is 1. The minimum absolute atomic E-state index is 0.148. The summed E-state index contributed by atoms with van der Waals surface area (Å²) >= 11 is 0. The predicted octanol–water partition coefficient (Wildman–Crippen LogP) is -1.69. The van der Waals surface area contributed by atoms with Crippen LogP contribution in [0.2, 0.25) is 0 Å². The van der Waals surface area contributed by atoms with Gasteiger partial charge in [0.05, 0.1) is 19.0 Å². The molecule has 31 heavy (non-hydrogen) atoms. The number of fused-ring (bicyclic) bond motifs is 1. The Balaban J connectivity index is 1.96. The average Bonchev–Trinajstić information content (AvgIpc) is 3.12. The Morgan fingerprint density at radius 3 is 2.35 bits per heavy atom. The van der Waals surface area contributed by atoms with Gasteiger partial charge in [0.1, 0.15) is 12.6 Å². The predicted molar refractivity (Wildman–Crippen MR) is 108 cm³/mol.